The van der Waals surface area contributed by atoms with Gasteiger partial charge in [-0.25, -0.2) is 4.40 Å². The average molecular weight is 101 g/mol. The van der Waals surface area contributed by atoms with Gasteiger partial charge in [0.15, 0.2) is 0 Å². The molecule has 1 heterocycles. The van der Waals surface area contributed by atoms with Crippen LogP contribution in [0.3, 0.4) is 0 Å². The summed E-state index contributed by atoms with van der Waals surface area (Å²) in [7, 11) is 0. The van der Waals surface area contributed by atoms with Crippen molar-refractivity contribution in [1.29, 1.82) is 0 Å². The van der Waals surface area contributed by atoms with Crippen LogP contribution in [0.15, 0.2) is 4.40 Å². The fourth-order valence-electron chi connectivity index (χ4n) is 0.395. The molecule has 6 heavy (non-hydrogen) atoms. The molecule has 1 aliphatic heterocycles. The molecule has 0 atom stereocenters. The van der Waals surface area contributed by atoms with Crippen LogP contribution in [0.5, 0.6) is 0 Å². The minimum absolute atomic E-state index is 1.20. The summed E-state index contributed by atoms with van der Waals surface area (Å²) in [5.74, 6) is 1.20. The first kappa shape index (κ1) is 4.19. The van der Waals surface area contributed by atoms with Gasteiger partial charge in [-0.15, -0.1) is 0 Å². The summed E-state index contributed by atoms with van der Waals surface area (Å²) >= 11 is 1.67. The summed E-state index contributed by atoms with van der Waals surface area (Å²) in [4.78, 5) is 0. The second-order valence-corrected chi connectivity index (χ2v) is 2.26. The Bertz CT molecular complexity index is 77.6. The first-order chi connectivity index (χ1) is 2.89. The molecular weight excluding hydrogens is 94.1 g/mol. The fourth-order valence-corrected chi connectivity index (χ4v) is 1.18. The average Bonchev–Trinajstić information content (AvgIpc) is 1.86. The molecule has 0 saturated heterocycles. The van der Waals surface area contributed by atoms with E-state index in [9.17, 15) is 0 Å². The quantitative estimate of drug-likeness (QED) is 0.421. The summed E-state index contributed by atoms with van der Waals surface area (Å²) in [6.45, 7) is 2.07. The van der Waals surface area contributed by atoms with Gasteiger partial charge in [0.25, 0.3) is 0 Å². The molecule has 1 nitrogen and oxygen atoms in total. The lowest BCUT2D eigenvalue weighted by Gasteiger charge is -1.74. The zero-order valence-corrected chi connectivity index (χ0v) is 4.59. The van der Waals surface area contributed by atoms with E-state index in [4.69, 9.17) is 0 Å². The Morgan fingerprint density at radius 2 is 2.67 bits per heavy atom. The number of hydrogen-bond acceptors (Lipinski definition) is 2. The molecule has 0 unspecified atom stereocenters. The van der Waals surface area contributed by atoms with Crippen LogP contribution in [0.2, 0.25) is 0 Å². The van der Waals surface area contributed by atoms with Gasteiger partial charge in [0.1, 0.15) is 0 Å². The van der Waals surface area contributed by atoms with E-state index in [1.807, 2.05) is 0 Å². The van der Waals surface area contributed by atoms with Gasteiger partial charge in [0.2, 0.25) is 0 Å². The van der Waals surface area contributed by atoms with Crippen LogP contribution in [-0.2, 0) is 0 Å². The Labute approximate surface area is 42.0 Å². The van der Waals surface area contributed by atoms with Crippen molar-refractivity contribution in [2.45, 2.75) is 13.3 Å². The summed E-state index contributed by atoms with van der Waals surface area (Å²) < 4.78 is 4.07. The van der Waals surface area contributed by atoms with Crippen LogP contribution in [0.4, 0.5) is 0 Å². The standard InChI is InChI=1S/C4H7NS/c1-4-2-3-6-5-4/h2-3H2,1H3. The van der Waals surface area contributed by atoms with Gasteiger partial charge in [0.05, 0.1) is 0 Å². The largest absolute Gasteiger partial charge is 0.226 e. The van der Waals surface area contributed by atoms with Crippen LogP contribution >= 0.6 is 11.9 Å². The number of rotatable bonds is 0. The van der Waals surface area contributed by atoms with E-state index in [1.54, 1.807) is 11.9 Å². The Balaban J connectivity index is 2.45. The van der Waals surface area contributed by atoms with Crippen LogP contribution in [0.1, 0.15) is 13.3 Å². The predicted molar refractivity (Wildman–Crippen MR) is 30.2 cm³/mol. The lowest BCUT2D eigenvalue weighted by atomic mass is 10.3. The molecule has 0 aromatic carbocycles. The summed E-state index contributed by atoms with van der Waals surface area (Å²) in [6, 6.07) is 0. The van der Waals surface area contributed by atoms with E-state index >= 15 is 0 Å². The molecule has 0 bridgehead atoms. The zero-order chi connectivity index (χ0) is 4.41. The topological polar surface area (TPSA) is 12.4 Å². The fraction of sp³-hybridized carbons (Fsp3) is 0.750. The first-order valence-corrected chi connectivity index (χ1v) is 2.99. The summed E-state index contributed by atoms with van der Waals surface area (Å²) in [5.41, 5.74) is 1.29. The molecule has 0 aromatic rings. The van der Waals surface area contributed by atoms with E-state index in [0.717, 1.165) is 0 Å². The summed E-state index contributed by atoms with van der Waals surface area (Å²) in [6.07, 6.45) is 1.20. The highest BCUT2D eigenvalue weighted by atomic mass is 32.2. The van der Waals surface area contributed by atoms with Crippen molar-refractivity contribution in [3.8, 4) is 0 Å². The molecule has 0 fully saturated rings. The zero-order valence-electron chi connectivity index (χ0n) is 3.77. The van der Waals surface area contributed by atoms with Crippen molar-refractivity contribution < 1.29 is 0 Å². The van der Waals surface area contributed by atoms with Gasteiger partial charge in [-0.2, -0.15) is 0 Å². The Kier molecular flexibility index (Phi) is 1.15. The molecule has 1 aliphatic rings. The lowest BCUT2D eigenvalue weighted by Crippen LogP contribution is -1.81. The minimum atomic E-state index is 1.20. The monoisotopic (exact) mass is 101 g/mol. The van der Waals surface area contributed by atoms with Crippen LogP contribution in [-0.4, -0.2) is 11.5 Å². The molecule has 0 N–H and O–H groups in total. The first-order valence-electron chi connectivity index (χ1n) is 2.05. The SMILES string of the molecule is CC1=NSCC1. The van der Waals surface area contributed by atoms with Gasteiger partial charge in [0, 0.05) is 11.5 Å². The maximum absolute atomic E-state index is 4.07. The normalized spacial score (nSPS) is 21.2. The molecule has 1 rings (SSSR count). The van der Waals surface area contributed by atoms with Crippen LogP contribution in [0.25, 0.3) is 0 Å². The number of nitrogens with zero attached hydrogens (tertiary/aromatic N) is 1. The maximum atomic E-state index is 4.07. The van der Waals surface area contributed by atoms with Crippen molar-refractivity contribution >= 4 is 17.7 Å². The third-order valence-corrected chi connectivity index (χ3v) is 1.60. The molecule has 0 aromatic heterocycles. The van der Waals surface area contributed by atoms with Gasteiger partial charge in [-0.3, -0.25) is 0 Å². The van der Waals surface area contributed by atoms with Crippen molar-refractivity contribution in [2.75, 3.05) is 5.75 Å². The molecule has 2 heteroatoms. The summed E-state index contributed by atoms with van der Waals surface area (Å²) in [5, 5.41) is 0. The van der Waals surface area contributed by atoms with Crippen molar-refractivity contribution in [3.63, 3.8) is 0 Å². The van der Waals surface area contributed by atoms with Crippen LogP contribution in [0, 0.1) is 0 Å². The molecular formula is C4H7NS. The van der Waals surface area contributed by atoms with Gasteiger partial charge in [-0.05, 0) is 25.3 Å². The van der Waals surface area contributed by atoms with Crippen LogP contribution < -0.4 is 0 Å². The smallest absolute Gasteiger partial charge is 0.0240 e. The Morgan fingerprint density at radius 1 is 1.83 bits per heavy atom. The molecule has 0 saturated carbocycles. The third kappa shape index (κ3) is 0.744. The molecule has 0 amide bonds. The second-order valence-electron chi connectivity index (χ2n) is 1.41. The third-order valence-electron chi connectivity index (χ3n) is 0.776. The molecule has 0 aliphatic carbocycles. The molecule has 0 radical (unpaired) electrons. The Morgan fingerprint density at radius 3 is 2.83 bits per heavy atom. The van der Waals surface area contributed by atoms with E-state index in [2.05, 4.69) is 11.3 Å². The van der Waals surface area contributed by atoms with Crippen molar-refractivity contribution in [1.82, 2.24) is 0 Å². The highest BCUT2D eigenvalue weighted by Crippen LogP contribution is 2.13. The maximum Gasteiger partial charge on any atom is 0.0240 e. The lowest BCUT2D eigenvalue weighted by molar-refractivity contribution is 1.33. The highest BCUT2D eigenvalue weighted by Gasteiger charge is 1.97. The Hall–Kier alpha value is 0.0200. The minimum Gasteiger partial charge on any atom is -0.226 e. The van der Waals surface area contributed by atoms with E-state index in [1.165, 1.54) is 17.9 Å². The number of hydrogen-bond donors (Lipinski definition) is 0. The van der Waals surface area contributed by atoms with E-state index in [0.29, 0.717) is 0 Å². The van der Waals surface area contributed by atoms with Crippen molar-refractivity contribution in [3.05, 3.63) is 0 Å². The molecule has 0 spiro atoms. The van der Waals surface area contributed by atoms with Gasteiger partial charge < -0.3 is 0 Å². The van der Waals surface area contributed by atoms with Gasteiger partial charge >= 0.3 is 0 Å². The molecule has 34 valence electrons. The second kappa shape index (κ2) is 1.65. The van der Waals surface area contributed by atoms with E-state index < -0.39 is 0 Å². The van der Waals surface area contributed by atoms with E-state index in [-0.39, 0.29) is 0 Å². The highest BCUT2D eigenvalue weighted by molar-refractivity contribution is 7.98. The predicted octanol–water partition coefficient (Wildman–Crippen LogP) is 1.50. The van der Waals surface area contributed by atoms with Crippen molar-refractivity contribution in [2.24, 2.45) is 4.40 Å². The van der Waals surface area contributed by atoms with Gasteiger partial charge in [-0.1, -0.05) is 0 Å².